The number of nitrogens with one attached hydrogen (secondary N) is 1. The second kappa shape index (κ2) is 10.5. The number of anilines is 1. The Morgan fingerprint density at radius 1 is 1.13 bits per heavy atom. The van der Waals surface area contributed by atoms with Crippen molar-refractivity contribution in [3.63, 3.8) is 0 Å². The minimum atomic E-state index is -0.663. The van der Waals surface area contributed by atoms with Crippen molar-refractivity contribution in [1.82, 2.24) is 0 Å². The largest absolute Gasteiger partial charge is 0.487 e. The van der Waals surface area contributed by atoms with Crippen LogP contribution in [-0.2, 0) is 11.4 Å². The molecule has 8 heteroatoms. The lowest BCUT2D eigenvalue weighted by molar-refractivity contribution is -0.112. The van der Waals surface area contributed by atoms with Gasteiger partial charge in [-0.3, -0.25) is 4.79 Å². The van der Waals surface area contributed by atoms with Crippen molar-refractivity contribution in [3.8, 4) is 11.8 Å². The first-order valence-corrected chi connectivity index (χ1v) is 10.5. The molecule has 0 unspecified atom stereocenters. The topological polar surface area (TPSA) is 62.1 Å². The normalized spacial score (nSPS) is 11.0. The van der Waals surface area contributed by atoms with Crippen LogP contribution >= 0.6 is 39.1 Å². The number of benzene rings is 3. The summed E-state index contributed by atoms with van der Waals surface area (Å²) < 4.78 is 19.9. The van der Waals surface area contributed by atoms with Crippen molar-refractivity contribution in [2.24, 2.45) is 0 Å². The number of hydrogen-bond donors (Lipinski definition) is 1. The van der Waals surface area contributed by atoms with E-state index in [2.05, 4.69) is 21.2 Å². The van der Waals surface area contributed by atoms with Crippen LogP contribution in [0.5, 0.6) is 5.75 Å². The average molecular weight is 520 g/mol. The number of ether oxygens (including phenoxy) is 1. The van der Waals surface area contributed by atoms with Gasteiger partial charge >= 0.3 is 0 Å². The Hall–Kier alpha value is -2.85. The van der Waals surface area contributed by atoms with Crippen LogP contribution in [0.2, 0.25) is 10.0 Å². The zero-order valence-corrected chi connectivity index (χ0v) is 18.9. The lowest BCUT2D eigenvalue weighted by atomic mass is 10.1. The molecule has 0 spiro atoms. The molecule has 4 nitrogen and oxygen atoms in total. The highest BCUT2D eigenvalue weighted by molar-refractivity contribution is 9.10. The van der Waals surface area contributed by atoms with E-state index in [1.807, 2.05) is 30.3 Å². The first-order chi connectivity index (χ1) is 14.9. The van der Waals surface area contributed by atoms with Crippen molar-refractivity contribution in [1.29, 1.82) is 5.26 Å². The molecule has 3 aromatic rings. The molecule has 0 aliphatic rings. The van der Waals surface area contributed by atoms with E-state index in [1.165, 1.54) is 36.4 Å². The second-order valence-corrected chi connectivity index (χ2v) is 8.11. The van der Waals surface area contributed by atoms with E-state index in [-0.39, 0.29) is 23.0 Å². The summed E-state index contributed by atoms with van der Waals surface area (Å²) >= 11 is 15.8. The smallest absolute Gasteiger partial charge is 0.266 e. The van der Waals surface area contributed by atoms with Gasteiger partial charge in [0.1, 0.15) is 29.8 Å². The molecule has 0 atom stereocenters. The number of rotatable bonds is 6. The lowest BCUT2D eigenvalue weighted by Gasteiger charge is -2.13. The van der Waals surface area contributed by atoms with Crippen molar-refractivity contribution in [2.75, 3.05) is 5.32 Å². The molecule has 0 fully saturated rings. The lowest BCUT2D eigenvalue weighted by Crippen LogP contribution is -2.13. The van der Waals surface area contributed by atoms with E-state index in [9.17, 15) is 14.4 Å². The van der Waals surface area contributed by atoms with Gasteiger partial charge < -0.3 is 10.1 Å². The number of nitrogens with zero attached hydrogens (tertiary/aromatic N) is 1. The Balaban J connectivity index is 1.87. The van der Waals surface area contributed by atoms with Crippen LogP contribution in [0, 0.1) is 17.1 Å². The van der Waals surface area contributed by atoms with Crippen LogP contribution in [0.4, 0.5) is 10.1 Å². The molecule has 3 aromatic carbocycles. The first-order valence-electron chi connectivity index (χ1n) is 8.90. The molecule has 31 heavy (non-hydrogen) atoms. The molecular formula is C23H14BrCl2FN2O2. The van der Waals surface area contributed by atoms with E-state index in [4.69, 9.17) is 27.9 Å². The number of carbonyl (C=O) groups excluding carboxylic acids is 1. The third-order valence-corrected chi connectivity index (χ3v) is 5.13. The fourth-order valence-electron chi connectivity index (χ4n) is 2.61. The summed E-state index contributed by atoms with van der Waals surface area (Å²) in [5.41, 5.74) is 1.43. The zero-order chi connectivity index (χ0) is 22.4. The molecule has 3 rings (SSSR count). The SMILES string of the molecule is N#C/C(=C\c1cc(Cl)cc(Cl)c1OCc1ccc(Br)cc1)C(=O)Nc1ccc(F)cc1. The molecule has 0 aliphatic carbocycles. The maximum absolute atomic E-state index is 13.1. The zero-order valence-electron chi connectivity index (χ0n) is 15.8. The highest BCUT2D eigenvalue weighted by Gasteiger charge is 2.15. The quantitative estimate of drug-likeness (QED) is 0.281. The average Bonchev–Trinajstić information content (AvgIpc) is 2.74. The van der Waals surface area contributed by atoms with Crippen LogP contribution < -0.4 is 10.1 Å². The molecule has 0 radical (unpaired) electrons. The summed E-state index contributed by atoms with van der Waals surface area (Å²) in [7, 11) is 0. The minimum Gasteiger partial charge on any atom is -0.487 e. The Kier molecular flexibility index (Phi) is 7.69. The maximum atomic E-state index is 13.1. The highest BCUT2D eigenvalue weighted by Crippen LogP contribution is 2.34. The van der Waals surface area contributed by atoms with E-state index < -0.39 is 11.7 Å². The van der Waals surface area contributed by atoms with Gasteiger partial charge in [-0.25, -0.2) is 4.39 Å². The molecule has 156 valence electrons. The van der Waals surface area contributed by atoms with Crippen LogP contribution in [0.25, 0.3) is 6.08 Å². The molecule has 0 bridgehead atoms. The van der Waals surface area contributed by atoms with Gasteiger partial charge in [-0.2, -0.15) is 5.26 Å². The molecule has 1 amide bonds. The Labute approximate surface area is 197 Å². The van der Waals surface area contributed by atoms with Crippen molar-refractivity contribution >= 4 is 56.8 Å². The van der Waals surface area contributed by atoms with Gasteiger partial charge in [0.05, 0.1) is 5.02 Å². The molecule has 0 heterocycles. The standard InChI is InChI=1S/C23H14BrCl2FN2O2/c24-17-3-1-14(2-4-17)13-31-22-15(10-18(25)11-21(22)26)9-16(12-28)23(30)29-20-7-5-19(27)6-8-20/h1-11H,13H2,(H,29,30)/b16-9+. The van der Waals surface area contributed by atoms with Gasteiger partial charge in [0.2, 0.25) is 0 Å². The van der Waals surface area contributed by atoms with E-state index in [0.717, 1.165) is 10.0 Å². The Morgan fingerprint density at radius 2 is 1.81 bits per heavy atom. The maximum Gasteiger partial charge on any atom is 0.266 e. The summed E-state index contributed by atoms with van der Waals surface area (Å²) in [6.07, 6.45) is 1.34. The number of amides is 1. The minimum absolute atomic E-state index is 0.198. The van der Waals surface area contributed by atoms with Crippen LogP contribution in [0.3, 0.4) is 0 Å². The van der Waals surface area contributed by atoms with Crippen molar-refractivity contribution in [2.45, 2.75) is 6.61 Å². The molecule has 0 saturated heterocycles. The molecular weight excluding hydrogens is 506 g/mol. The number of halogens is 4. The highest BCUT2D eigenvalue weighted by atomic mass is 79.9. The molecule has 0 saturated carbocycles. The number of carbonyl (C=O) groups is 1. The van der Waals surface area contributed by atoms with E-state index in [1.54, 1.807) is 6.07 Å². The Bertz CT molecular complexity index is 1170. The van der Waals surface area contributed by atoms with Crippen LogP contribution in [-0.4, -0.2) is 5.91 Å². The van der Waals surface area contributed by atoms with Crippen LogP contribution in [0.1, 0.15) is 11.1 Å². The van der Waals surface area contributed by atoms with Gasteiger partial charge in [-0.05, 0) is 60.2 Å². The summed E-state index contributed by atoms with van der Waals surface area (Å²) in [4.78, 5) is 12.5. The number of nitriles is 1. The van der Waals surface area contributed by atoms with Gasteiger partial charge in [0.25, 0.3) is 5.91 Å². The summed E-state index contributed by atoms with van der Waals surface area (Å²) in [5.74, 6) is -0.810. The fourth-order valence-corrected chi connectivity index (χ4v) is 3.44. The molecule has 0 aromatic heterocycles. The third kappa shape index (κ3) is 6.31. The van der Waals surface area contributed by atoms with Crippen molar-refractivity contribution < 1.29 is 13.9 Å². The first kappa shape index (κ1) is 22.8. The summed E-state index contributed by atoms with van der Waals surface area (Å²) in [5, 5.41) is 12.6. The fraction of sp³-hybridized carbons (Fsp3) is 0.0435. The second-order valence-electron chi connectivity index (χ2n) is 6.35. The van der Waals surface area contributed by atoms with Crippen LogP contribution in [0.15, 0.2) is 70.7 Å². The van der Waals surface area contributed by atoms with Gasteiger partial charge in [0, 0.05) is 20.7 Å². The van der Waals surface area contributed by atoms with Crippen molar-refractivity contribution in [3.05, 3.63) is 97.7 Å². The monoisotopic (exact) mass is 518 g/mol. The predicted molar refractivity (Wildman–Crippen MR) is 124 cm³/mol. The number of hydrogen-bond acceptors (Lipinski definition) is 3. The summed E-state index contributed by atoms with van der Waals surface area (Å²) in [6.45, 7) is 0.221. The van der Waals surface area contributed by atoms with E-state index in [0.29, 0.717) is 16.3 Å². The van der Waals surface area contributed by atoms with Gasteiger partial charge in [-0.15, -0.1) is 0 Å². The predicted octanol–water partition coefficient (Wildman–Crippen LogP) is 7.02. The third-order valence-electron chi connectivity index (χ3n) is 4.10. The summed E-state index contributed by atoms with van der Waals surface area (Å²) in [6, 6.07) is 17.7. The molecule has 0 aliphatic heterocycles. The molecule has 1 N–H and O–H groups in total. The Morgan fingerprint density at radius 3 is 2.45 bits per heavy atom. The van der Waals surface area contributed by atoms with Gasteiger partial charge in [0.15, 0.2) is 0 Å². The van der Waals surface area contributed by atoms with E-state index >= 15 is 0 Å². The van der Waals surface area contributed by atoms with Gasteiger partial charge in [-0.1, -0.05) is 51.3 Å².